The van der Waals surface area contributed by atoms with Crippen LogP contribution in [0.15, 0.2) is 57.6 Å². The number of aliphatic hydroxyl groups excluding tert-OH is 1. The Balaban J connectivity index is 1.62. The van der Waals surface area contributed by atoms with Crippen molar-refractivity contribution < 1.29 is 27.3 Å². The maximum Gasteiger partial charge on any atom is 0.422 e. The Morgan fingerprint density at radius 3 is 2.36 bits per heavy atom. The van der Waals surface area contributed by atoms with Crippen LogP contribution in [-0.4, -0.2) is 22.0 Å². The van der Waals surface area contributed by atoms with Gasteiger partial charge in [0.25, 0.3) is 0 Å². The fraction of sp³-hybridized carbons (Fsp3) is 0.250. The molecular weight excluding hydrogens is 435 g/mol. The largest absolute Gasteiger partial charge is 0.422 e. The molecule has 0 saturated heterocycles. The van der Waals surface area contributed by atoms with Crippen LogP contribution in [0.3, 0.4) is 0 Å². The standard InChI is InChI=1S/C24H20F3N3O3/c1-23(28,12-31)15-8-10-16-14(11-15)7-9-17-19(16)29-33-22(17)20-18(24(25,26)27)21(32-30-20)13-5-3-2-4-6-13/h2-6,8,10-11,31H,7,9,12,28H2,1H3/t23-/m1/s1. The van der Waals surface area contributed by atoms with Crippen molar-refractivity contribution in [2.45, 2.75) is 31.5 Å². The second-order valence-corrected chi connectivity index (χ2v) is 8.39. The molecule has 0 fully saturated rings. The molecule has 6 nitrogen and oxygen atoms in total. The first kappa shape index (κ1) is 21.4. The van der Waals surface area contributed by atoms with Crippen molar-refractivity contribution in [3.05, 3.63) is 70.8 Å². The van der Waals surface area contributed by atoms with Crippen LogP contribution in [-0.2, 0) is 24.6 Å². The van der Waals surface area contributed by atoms with Gasteiger partial charge in [-0.15, -0.1) is 0 Å². The zero-order valence-electron chi connectivity index (χ0n) is 17.6. The van der Waals surface area contributed by atoms with Gasteiger partial charge in [-0.1, -0.05) is 58.8 Å². The summed E-state index contributed by atoms with van der Waals surface area (Å²) in [5.41, 5.74) is 7.58. The Morgan fingerprint density at radius 1 is 0.970 bits per heavy atom. The first-order chi connectivity index (χ1) is 15.7. The van der Waals surface area contributed by atoms with Crippen molar-refractivity contribution in [2.75, 3.05) is 6.61 Å². The summed E-state index contributed by atoms with van der Waals surface area (Å²) in [6.07, 6.45) is -3.75. The third kappa shape index (κ3) is 3.53. The molecule has 33 heavy (non-hydrogen) atoms. The molecule has 1 aliphatic carbocycles. The minimum atomic E-state index is -4.71. The van der Waals surface area contributed by atoms with Gasteiger partial charge in [-0.05, 0) is 30.9 Å². The molecule has 4 aromatic rings. The van der Waals surface area contributed by atoms with Gasteiger partial charge in [-0.3, -0.25) is 0 Å². The third-order valence-corrected chi connectivity index (χ3v) is 6.01. The first-order valence-electron chi connectivity index (χ1n) is 10.4. The van der Waals surface area contributed by atoms with Crippen molar-refractivity contribution in [3.8, 4) is 34.0 Å². The minimum Gasteiger partial charge on any atom is -0.394 e. The third-order valence-electron chi connectivity index (χ3n) is 6.01. The molecule has 0 unspecified atom stereocenters. The number of nitrogens with zero attached hydrogens (tertiary/aromatic N) is 2. The number of fused-ring (bicyclic) bond motifs is 3. The lowest BCUT2D eigenvalue weighted by Gasteiger charge is -2.25. The average molecular weight is 455 g/mol. The fourth-order valence-corrected chi connectivity index (χ4v) is 4.17. The molecular formula is C24H20F3N3O3. The lowest BCUT2D eigenvalue weighted by atomic mass is 9.84. The monoisotopic (exact) mass is 455 g/mol. The molecule has 170 valence electrons. The van der Waals surface area contributed by atoms with E-state index in [1.165, 1.54) is 12.1 Å². The van der Waals surface area contributed by atoms with E-state index in [1.807, 2.05) is 6.07 Å². The molecule has 0 bridgehead atoms. The molecule has 0 radical (unpaired) electrons. The average Bonchev–Trinajstić information content (AvgIpc) is 3.43. The first-order valence-corrected chi connectivity index (χ1v) is 10.4. The van der Waals surface area contributed by atoms with E-state index >= 15 is 0 Å². The van der Waals surface area contributed by atoms with Crippen molar-refractivity contribution >= 4 is 0 Å². The Morgan fingerprint density at radius 2 is 1.67 bits per heavy atom. The molecule has 2 aromatic heterocycles. The quantitative estimate of drug-likeness (QED) is 0.452. The number of benzene rings is 2. The number of hydrogen-bond acceptors (Lipinski definition) is 6. The van der Waals surface area contributed by atoms with Gasteiger partial charge in [0.05, 0.1) is 12.1 Å². The van der Waals surface area contributed by atoms with E-state index in [0.29, 0.717) is 24.1 Å². The number of rotatable bonds is 4. The maximum atomic E-state index is 14.1. The number of halogens is 3. The highest BCUT2D eigenvalue weighted by Crippen LogP contribution is 2.46. The van der Waals surface area contributed by atoms with Gasteiger partial charge in [0.15, 0.2) is 17.2 Å². The van der Waals surface area contributed by atoms with Gasteiger partial charge in [0, 0.05) is 16.7 Å². The van der Waals surface area contributed by atoms with Gasteiger partial charge in [0.1, 0.15) is 11.3 Å². The van der Waals surface area contributed by atoms with Crippen molar-refractivity contribution in [1.29, 1.82) is 0 Å². The van der Waals surface area contributed by atoms with Crippen LogP contribution in [0.5, 0.6) is 0 Å². The Kier molecular flexibility index (Phi) is 4.91. The predicted octanol–water partition coefficient (Wildman–Crippen LogP) is 4.95. The molecule has 2 aromatic carbocycles. The number of hydrogen-bond donors (Lipinski definition) is 2. The molecule has 9 heteroatoms. The zero-order chi connectivity index (χ0) is 23.4. The molecule has 2 heterocycles. The van der Waals surface area contributed by atoms with Crippen molar-refractivity contribution in [2.24, 2.45) is 5.73 Å². The van der Waals surface area contributed by atoms with E-state index in [0.717, 1.165) is 16.7 Å². The lowest BCUT2D eigenvalue weighted by Crippen LogP contribution is -2.37. The summed E-state index contributed by atoms with van der Waals surface area (Å²) in [6, 6.07) is 13.5. The van der Waals surface area contributed by atoms with E-state index in [1.54, 1.807) is 37.3 Å². The second kappa shape index (κ2) is 7.57. The number of aliphatic hydroxyl groups is 1. The minimum absolute atomic E-state index is 0.0444. The summed E-state index contributed by atoms with van der Waals surface area (Å²) in [5.74, 6) is -0.410. The summed E-state index contributed by atoms with van der Waals surface area (Å²) in [5, 5.41) is 17.4. The van der Waals surface area contributed by atoms with Gasteiger partial charge >= 0.3 is 6.18 Å². The van der Waals surface area contributed by atoms with Gasteiger partial charge in [-0.2, -0.15) is 13.2 Å². The lowest BCUT2D eigenvalue weighted by molar-refractivity contribution is -0.136. The normalized spacial score (nSPS) is 15.1. The molecule has 1 atom stereocenters. The van der Waals surface area contributed by atoms with Gasteiger partial charge in [-0.25, -0.2) is 0 Å². The molecule has 0 saturated carbocycles. The van der Waals surface area contributed by atoms with E-state index in [4.69, 9.17) is 14.8 Å². The number of nitrogens with two attached hydrogens (primary N) is 1. The molecule has 0 amide bonds. The highest BCUT2D eigenvalue weighted by Gasteiger charge is 2.43. The highest BCUT2D eigenvalue weighted by molar-refractivity contribution is 5.79. The maximum absolute atomic E-state index is 14.1. The summed E-state index contributed by atoms with van der Waals surface area (Å²) in [4.78, 5) is 0. The van der Waals surface area contributed by atoms with Crippen LogP contribution in [0.1, 0.15) is 29.2 Å². The van der Waals surface area contributed by atoms with Gasteiger partial charge in [0.2, 0.25) is 0 Å². The second-order valence-electron chi connectivity index (χ2n) is 8.39. The molecule has 0 spiro atoms. The summed E-state index contributed by atoms with van der Waals surface area (Å²) < 4.78 is 52.8. The number of aromatic nitrogens is 2. The fourth-order valence-electron chi connectivity index (χ4n) is 4.17. The Hall–Kier alpha value is -3.43. The summed E-state index contributed by atoms with van der Waals surface area (Å²) >= 11 is 0. The van der Waals surface area contributed by atoms with Crippen LogP contribution < -0.4 is 5.73 Å². The van der Waals surface area contributed by atoms with Crippen LogP contribution in [0.25, 0.3) is 34.0 Å². The molecule has 1 aliphatic rings. The molecule has 3 N–H and O–H groups in total. The van der Waals surface area contributed by atoms with Crippen molar-refractivity contribution in [3.63, 3.8) is 0 Å². The Bertz CT molecular complexity index is 1320. The van der Waals surface area contributed by atoms with Crippen LogP contribution in [0, 0.1) is 0 Å². The number of aryl methyl sites for hydroxylation is 1. The van der Waals surface area contributed by atoms with Gasteiger partial charge < -0.3 is 19.9 Å². The topological polar surface area (TPSA) is 98.3 Å². The zero-order valence-corrected chi connectivity index (χ0v) is 17.6. The molecule has 0 aliphatic heterocycles. The van der Waals surface area contributed by atoms with E-state index in [9.17, 15) is 18.3 Å². The SMILES string of the molecule is C[C@@](N)(CO)c1ccc2c(c1)CCc1c-2noc1-c1noc(-c2ccccc2)c1C(F)(F)F. The Labute approximate surface area is 186 Å². The summed E-state index contributed by atoms with van der Waals surface area (Å²) in [6.45, 7) is 1.51. The van der Waals surface area contributed by atoms with Crippen LogP contribution in [0.4, 0.5) is 13.2 Å². The van der Waals surface area contributed by atoms with E-state index in [2.05, 4.69) is 10.3 Å². The van der Waals surface area contributed by atoms with Crippen molar-refractivity contribution in [1.82, 2.24) is 10.3 Å². The predicted molar refractivity (Wildman–Crippen MR) is 114 cm³/mol. The van der Waals surface area contributed by atoms with E-state index in [-0.39, 0.29) is 23.7 Å². The molecule has 5 rings (SSSR count). The van der Waals surface area contributed by atoms with E-state index < -0.39 is 23.0 Å². The van der Waals surface area contributed by atoms with Crippen LogP contribution >= 0.6 is 0 Å². The summed E-state index contributed by atoms with van der Waals surface area (Å²) in [7, 11) is 0. The van der Waals surface area contributed by atoms with Crippen LogP contribution in [0.2, 0.25) is 0 Å². The number of alkyl halides is 3. The smallest absolute Gasteiger partial charge is 0.394 e. The highest BCUT2D eigenvalue weighted by atomic mass is 19.4.